The van der Waals surface area contributed by atoms with Gasteiger partial charge in [-0.05, 0) is 24.3 Å². The second-order valence-electron chi connectivity index (χ2n) is 3.65. The summed E-state index contributed by atoms with van der Waals surface area (Å²) in [5.74, 6) is 0. The fourth-order valence-corrected chi connectivity index (χ4v) is 2.93. The van der Waals surface area contributed by atoms with E-state index >= 15 is 0 Å². The number of nitrogens with zero attached hydrogens (tertiary/aromatic N) is 4. The van der Waals surface area contributed by atoms with Crippen LogP contribution >= 0.6 is 45.2 Å². The third-order valence-corrected chi connectivity index (χ3v) is 4.19. The van der Waals surface area contributed by atoms with Gasteiger partial charge in [-0.25, -0.2) is 9.97 Å². The van der Waals surface area contributed by atoms with Crippen LogP contribution in [0.25, 0.3) is 11.4 Å². The number of imidazole rings is 2. The molecule has 0 saturated carbocycles. The molecule has 0 radical (unpaired) electrons. The molecule has 1 aromatic carbocycles. The first-order valence-corrected chi connectivity index (χ1v) is 7.40. The summed E-state index contributed by atoms with van der Waals surface area (Å²) < 4.78 is 6.00. The summed E-state index contributed by atoms with van der Waals surface area (Å²) in [6, 6.07) is 8.31. The lowest BCUT2D eigenvalue weighted by Crippen LogP contribution is -1.98. The van der Waals surface area contributed by atoms with Crippen LogP contribution in [0.15, 0.2) is 49.1 Å². The van der Waals surface area contributed by atoms with E-state index in [9.17, 15) is 0 Å². The number of aromatic nitrogens is 4. The molecule has 2 aromatic heterocycles. The Kier molecular flexibility index (Phi) is 3.37. The van der Waals surface area contributed by atoms with Gasteiger partial charge in [0.1, 0.15) is 0 Å². The molecule has 2 heterocycles. The highest BCUT2D eigenvalue weighted by molar-refractivity contribution is 14.1. The second-order valence-corrected chi connectivity index (χ2v) is 5.58. The first kappa shape index (κ1) is 12.2. The zero-order chi connectivity index (χ0) is 12.5. The Morgan fingerprint density at radius 1 is 0.722 bits per heavy atom. The van der Waals surface area contributed by atoms with Crippen molar-refractivity contribution >= 4 is 45.2 Å². The average molecular weight is 462 g/mol. The molecule has 18 heavy (non-hydrogen) atoms. The molecule has 0 aliphatic rings. The third kappa shape index (κ3) is 2.18. The van der Waals surface area contributed by atoms with Crippen LogP contribution in [0.3, 0.4) is 0 Å². The number of hydrogen-bond acceptors (Lipinski definition) is 2. The summed E-state index contributed by atoms with van der Waals surface area (Å²) in [4.78, 5) is 8.43. The Hall–Kier alpha value is -0.900. The molecule has 0 spiro atoms. The Morgan fingerprint density at radius 3 is 1.39 bits per heavy atom. The van der Waals surface area contributed by atoms with Gasteiger partial charge in [0.15, 0.2) is 7.66 Å². The van der Waals surface area contributed by atoms with Crippen LogP contribution in [0.2, 0.25) is 0 Å². The van der Waals surface area contributed by atoms with Gasteiger partial charge in [-0.15, -0.1) is 0 Å². The predicted octanol–water partition coefficient (Wildman–Crippen LogP) is 3.27. The minimum atomic E-state index is 0.956. The van der Waals surface area contributed by atoms with Gasteiger partial charge in [0, 0.05) is 81.3 Å². The molecule has 3 aromatic rings. The molecule has 0 N–H and O–H groups in total. The normalized spacial score (nSPS) is 10.8. The van der Waals surface area contributed by atoms with Crippen LogP contribution < -0.4 is 0 Å². The molecule has 0 bridgehead atoms. The number of hydrogen-bond donors (Lipinski definition) is 0. The van der Waals surface area contributed by atoms with E-state index < -0.39 is 0 Å². The molecule has 0 aliphatic carbocycles. The number of rotatable bonds is 2. The lowest BCUT2D eigenvalue weighted by molar-refractivity contribution is 0.987. The number of halogens is 2. The zero-order valence-corrected chi connectivity index (χ0v) is 13.5. The summed E-state index contributed by atoms with van der Waals surface area (Å²) in [6.45, 7) is 0. The van der Waals surface area contributed by atoms with Crippen molar-refractivity contribution < 1.29 is 0 Å². The summed E-state index contributed by atoms with van der Waals surface area (Å²) in [6.07, 6.45) is 7.51. The summed E-state index contributed by atoms with van der Waals surface area (Å²) in [5, 5.41) is 0. The van der Waals surface area contributed by atoms with Crippen LogP contribution in [0.1, 0.15) is 0 Å². The van der Waals surface area contributed by atoms with E-state index in [-0.39, 0.29) is 0 Å². The average Bonchev–Trinajstić information content (AvgIpc) is 2.98. The van der Waals surface area contributed by atoms with Crippen LogP contribution in [-0.4, -0.2) is 19.1 Å². The highest BCUT2D eigenvalue weighted by atomic mass is 127. The van der Waals surface area contributed by atoms with Crippen molar-refractivity contribution in [2.24, 2.45) is 0 Å². The van der Waals surface area contributed by atoms with E-state index in [2.05, 4.69) is 79.4 Å². The van der Waals surface area contributed by atoms with Gasteiger partial charge in [-0.1, -0.05) is 0 Å². The van der Waals surface area contributed by atoms with Crippen LogP contribution in [0.5, 0.6) is 0 Å². The number of benzene rings is 1. The maximum Gasteiger partial charge on any atom is 0.175 e. The van der Waals surface area contributed by atoms with Gasteiger partial charge in [0.2, 0.25) is 0 Å². The molecule has 6 heteroatoms. The molecule has 0 aliphatic heterocycles. The van der Waals surface area contributed by atoms with Crippen LogP contribution in [-0.2, 0) is 0 Å². The molecule has 0 atom stereocenters. The lowest BCUT2D eigenvalue weighted by atomic mass is 10.3. The first-order chi connectivity index (χ1) is 8.75. The van der Waals surface area contributed by atoms with Crippen molar-refractivity contribution in [3.63, 3.8) is 0 Å². The molecule has 0 fully saturated rings. The van der Waals surface area contributed by atoms with Gasteiger partial charge in [0.25, 0.3) is 0 Å². The summed E-state index contributed by atoms with van der Waals surface area (Å²) in [5.41, 5.74) is 2.21. The van der Waals surface area contributed by atoms with Crippen molar-refractivity contribution in [1.82, 2.24) is 19.1 Å². The fraction of sp³-hybridized carbons (Fsp3) is 0. The first-order valence-electron chi connectivity index (χ1n) is 5.24. The van der Waals surface area contributed by atoms with Gasteiger partial charge < -0.3 is 0 Å². The molecule has 0 unspecified atom stereocenters. The summed E-state index contributed by atoms with van der Waals surface area (Å²) in [7, 11) is 0. The smallest absolute Gasteiger partial charge is 0.175 e. The second kappa shape index (κ2) is 5.00. The fourth-order valence-electron chi connectivity index (χ4n) is 1.73. The van der Waals surface area contributed by atoms with Gasteiger partial charge in [0.05, 0.1) is 0 Å². The standard InChI is InChI=1S/C12H8I2N4/c13-11-15-5-7-17(11)9-1-2-10(4-3-9)18-8-6-16-12(18)14/h1-8H. The highest BCUT2D eigenvalue weighted by Gasteiger charge is 2.04. The van der Waals surface area contributed by atoms with Crippen molar-refractivity contribution in [3.05, 3.63) is 56.7 Å². The van der Waals surface area contributed by atoms with Gasteiger partial charge in [-0.3, -0.25) is 9.13 Å². The third-order valence-electron chi connectivity index (χ3n) is 2.60. The van der Waals surface area contributed by atoms with E-state index in [4.69, 9.17) is 0 Å². The van der Waals surface area contributed by atoms with Gasteiger partial charge in [-0.2, -0.15) is 0 Å². The molecule has 3 rings (SSSR count). The lowest BCUT2D eigenvalue weighted by Gasteiger charge is -2.07. The highest BCUT2D eigenvalue weighted by Crippen LogP contribution is 2.17. The minimum absolute atomic E-state index is 0.956. The molecular formula is C12H8I2N4. The van der Waals surface area contributed by atoms with Crippen molar-refractivity contribution in [3.8, 4) is 11.4 Å². The van der Waals surface area contributed by atoms with E-state index in [1.807, 2.05) is 21.5 Å². The van der Waals surface area contributed by atoms with Crippen LogP contribution in [0, 0.1) is 7.66 Å². The predicted molar refractivity (Wildman–Crippen MR) is 86.1 cm³/mol. The largest absolute Gasteiger partial charge is 0.295 e. The Labute approximate surface area is 131 Å². The van der Waals surface area contributed by atoms with Crippen molar-refractivity contribution in [2.45, 2.75) is 0 Å². The zero-order valence-electron chi connectivity index (χ0n) is 9.16. The minimum Gasteiger partial charge on any atom is -0.295 e. The van der Waals surface area contributed by atoms with E-state index in [0.717, 1.165) is 19.0 Å². The summed E-state index contributed by atoms with van der Waals surface area (Å²) >= 11 is 4.44. The molecule has 0 saturated heterocycles. The topological polar surface area (TPSA) is 35.6 Å². The Morgan fingerprint density at radius 2 is 1.11 bits per heavy atom. The van der Waals surface area contributed by atoms with E-state index in [1.165, 1.54) is 0 Å². The van der Waals surface area contributed by atoms with Crippen molar-refractivity contribution in [1.29, 1.82) is 0 Å². The Bertz CT molecular complexity index is 610. The molecule has 0 amide bonds. The Balaban J connectivity index is 2.00. The maximum atomic E-state index is 4.21. The molecule has 90 valence electrons. The van der Waals surface area contributed by atoms with E-state index in [0.29, 0.717) is 0 Å². The molecule has 4 nitrogen and oxygen atoms in total. The monoisotopic (exact) mass is 462 g/mol. The van der Waals surface area contributed by atoms with Gasteiger partial charge >= 0.3 is 0 Å². The van der Waals surface area contributed by atoms with E-state index in [1.54, 1.807) is 12.4 Å². The molecular weight excluding hydrogens is 454 g/mol. The van der Waals surface area contributed by atoms with Crippen LogP contribution in [0.4, 0.5) is 0 Å². The van der Waals surface area contributed by atoms with Crippen molar-refractivity contribution in [2.75, 3.05) is 0 Å². The maximum absolute atomic E-state index is 4.21. The quantitative estimate of drug-likeness (QED) is 0.549. The SMILES string of the molecule is Ic1nccn1-c1ccc(-n2ccnc2I)cc1.